The van der Waals surface area contributed by atoms with Crippen molar-refractivity contribution < 1.29 is 4.79 Å². The molecule has 1 heterocycles. The first kappa shape index (κ1) is 14.5. The lowest BCUT2D eigenvalue weighted by Crippen LogP contribution is -2.11. The van der Waals surface area contributed by atoms with E-state index in [9.17, 15) is 4.79 Å². The molecule has 0 atom stereocenters. The lowest BCUT2D eigenvalue weighted by atomic mass is 10.1. The fraction of sp³-hybridized carbons (Fsp3) is 0.286. The van der Waals surface area contributed by atoms with Gasteiger partial charge in [0.25, 0.3) is 0 Å². The number of ketones is 1. The van der Waals surface area contributed by atoms with Gasteiger partial charge in [0.15, 0.2) is 5.78 Å². The van der Waals surface area contributed by atoms with Gasteiger partial charge in [-0.25, -0.2) is 4.98 Å². The van der Waals surface area contributed by atoms with Crippen LogP contribution in [0.5, 0.6) is 0 Å². The zero-order valence-corrected chi connectivity index (χ0v) is 13.5. The highest BCUT2D eigenvalue weighted by molar-refractivity contribution is 14.1. The molecule has 0 saturated heterocycles. The third-order valence-electron chi connectivity index (χ3n) is 2.81. The molecule has 0 fully saturated rings. The van der Waals surface area contributed by atoms with E-state index in [0.717, 1.165) is 22.4 Å². The second kappa shape index (κ2) is 6.52. The summed E-state index contributed by atoms with van der Waals surface area (Å²) in [6.07, 6.45) is 4.98. The van der Waals surface area contributed by atoms with Crippen LogP contribution in [0, 0.1) is 3.57 Å². The van der Waals surface area contributed by atoms with Gasteiger partial charge in [0.1, 0.15) is 5.82 Å². The molecule has 2 rings (SSSR count). The van der Waals surface area contributed by atoms with Gasteiger partial charge in [0.2, 0.25) is 0 Å². The van der Waals surface area contributed by atoms with Gasteiger partial charge < -0.3 is 4.57 Å². The van der Waals surface area contributed by atoms with Gasteiger partial charge in [-0.2, -0.15) is 0 Å². The Labute approximate surface area is 131 Å². The Morgan fingerprint density at radius 1 is 1.47 bits per heavy atom. The Balaban J connectivity index is 2.21. The van der Waals surface area contributed by atoms with E-state index >= 15 is 0 Å². The number of hydrogen-bond donors (Lipinski definition) is 0. The summed E-state index contributed by atoms with van der Waals surface area (Å²) in [5.74, 6) is 0.859. The molecule has 0 radical (unpaired) electrons. The van der Waals surface area contributed by atoms with Gasteiger partial charge in [-0.3, -0.25) is 4.79 Å². The van der Waals surface area contributed by atoms with Crippen LogP contribution in [0.2, 0.25) is 5.02 Å². The SMILES string of the molecule is CCCn1ccnc1CC(=O)c1cc(Cl)ccc1I. The average Bonchev–Trinajstić information content (AvgIpc) is 2.80. The van der Waals surface area contributed by atoms with Crippen molar-refractivity contribution in [1.82, 2.24) is 9.55 Å². The number of benzene rings is 1. The van der Waals surface area contributed by atoms with Crippen LogP contribution in [0.3, 0.4) is 0 Å². The summed E-state index contributed by atoms with van der Waals surface area (Å²) in [7, 11) is 0. The molecule has 0 spiro atoms. The van der Waals surface area contributed by atoms with E-state index in [2.05, 4.69) is 34.5 Å². The third-order valence-corrected chi connectivity index (χ3v) is 3.99. The van der Waals surface area contributed by atoms with Gasteiger partial charge in [0, 0.05) is 33.1 Å². The highest BCUT2D eigenvalue weighted by Gasteiger charge is 2.14. The molecular formula is C14H14ClIN2O. The highest BCUT2D eigenvalue weighted by Crippen LogP contribution is 2.19. The van der Waals surface area contributed by atoms with Crippen LogP contribution < -0.4 is 0 Å². The van der Waals surface area contributed by atoms with Gasteiger partial charge in [0.05, 0.1) is 6.42 Å². The van der Waals surface area contributed by atoms with Crippen molar-refractivity contribution in [2.45, 2.75) is 26.3 Å². The largest absolute Gasteiger partial charge is 0.335 e. The first-order chi connectivity index (χ1) is 9.11. The molecule has 100 valence electrons. The molecule has 19 heavy (non-hydrogen) atoms. The maximum Gasteiger partial charge on any atom is 0.171 e. The van der Waals surface area contributed by atoms with Crippen LogP contribution in [-0.2, 0) is 13.0 Å². The number of Topliss-reactive ketones (excluding diaryl/α,β-unsaturated/α-hetero) is 1. The summed E-state index contributed by atoms with van der Waals surface area (Å²) >= 11 is 8.10. The van der Waals surface area contributed by atoms with Gasteiger partial charge in [-0.1, -0.05) is 18.5 Å². The average molecular weight is 389 g/mol. The van der Waals surface area contributed by atoms with E-state index in [1.807, 2.05) is 16.8 Å². The monoisotopic (exact) mass is 388 g/mol. The molecule has 0 bridgehead atoms. The van der Waals surface area contributed by atoms with Crippen LogP contribution in [0.1, 0.15) is 29.5 Å². The van der Waals surface area contributed by atoms with Crippen molar-refractivity contribution in [3.8, 4) is 0 Å². The predicted molar refractivity (Wildman–Crippen MR) is 84.7 cm³/mol. The minimum atomic E-state index is 0.0513. The first-order valence-corrected chi connectivity index (χ1v) is 7.55. The summed E-state index contributed by atoms with van der Waals surface area (Å²) in [6, 6.07) is 5.37. The number of rotatable bonds is 5. The first-order valence-electron chi connectivity index (χ1n) is 6.10. The molecule has 2 aromatic rings. The maximum absolute atomic E-state index is 12.3. The van der Waals surface area contributed by atoms with E-state index in [4.69, 9.17) is 11.6 Å². The third kappa shape index (κ3) is 3.57. The lowest BCUT2D eigenvalue weighted by Gasteiger charge is -2.07. The van der Waals surface area contributed by atoms with Crippen LogP contribution in [-0.4, -0.2) is 15.3 Å². The number of halogens is 2. The molecule has 0 aliphatic rings. The smallest absolute Gasteiger partial charge is 0.171 e. The van der Waals surface area contributed by atoms with Gasteiger partial charge in [-0.05, 0) is 47.2 Å². The van der Waals surface area contributed by atoms with Crippen molar-refractivity contribution in [2.24, 2.45) is 0 Å². The van der Waals surface area contributed by atoms with Gasteiger partial charge >= 0.3 is 0 Å². The maximum atomic E-state index is 12.3. The summed E-state index contributed by atoms with van der Waals surface area (Å²) in [5, 5.41) is 0.584. The van der Waals surface area contributed by atoms with Crippen LogP contribution in [0.4, 0.5) is 0 Å². The van der Waals surface area contributed by atoms with E-state index in [1.54, 1.807) is 18.3 Å². The summed E-state index contributed by atoms with van der Waals surface area (Å²) < 4.78 is 2.94. The number of carbonyl (C=O) groups is 1. The van der Waals surface area contributed by atoms with E-state index in [1.165, 1.54) is 0 Å². The summed E-state index contributed by atoms with van der Waals surface area (Å²) in [6.45, 7) is 2.99. The number of carbonyl (C=O) groups excluding carboxylic acids is 1. The van der Waals surface area contributed by atoms with Crippen molar-refractivity contribution in [3.63, 3.8) is 0 Å². The molecule has 1 aromatic carbocycles. The second-order valence-electron chi connectivity index (χ2n) is 4.26. The Morgan fingerprint density at radius 3 is 3.00 bits per heavy atom. The normalized spacial score (nSPS) is 10.7. The molecule has 5 heteroatoms. The Hall–Kier alpha value is -0.880. The molecular weight excluding hydrogens is 375 g/mol. The summed E-state index contributed by atoms with van der Waals surface area (Å²) in [4.78, 5) is 16.6. The van der Waals surface area contributed by atoms with Crippen molar-refractivity contribution >= 4 is 40.0 Å². The zero-order valence-electron chi connectivity index (χ0n) is 10.6. The number of aryl methyl sites for hydroxylation is 1. The van der Waals surface area contributed by atoms with E-state index in [-0.39, 0.29) is 5.78 Å². The van der Waals surface area contributed by atoms with Gasteiger partial charge in [-0.15, -0.1) is 0 Å². The fourth-order valence-electron chi connectivity index (χ4n) is 1.90. The quantitative estimate of drug-likeness (QED) is 0.574. The minimum Gasteiger partial charge on any atom is -0.335 e. The lowest BCUT2D eigenvalue weighted by molar-refractivity contribution is 0.0989. The Morgan fingerprint density at radius 2 is 2.26 bits per heavy atom. The fourth-order valence-corrected chi connectivity index (χ4v) is 2.71. The van der Waals surface area contributed by atoms with Crippen LogP contribution in [0.25, 0.3) is 0 Å². The van der Waals surface area contributed by atoms with Crippen molar-refractivity contribution in [2.75, 3.05) is 0 Å². The predicted octanol–water partition coefficient (Wildman–Crippen LogP) is 3.98. The second-order valence-corrected chi connectivity index (χ2v) is 5.86. The van der Waals surface area contributed by atoms with Crippen LogP contribution >= 0.6 is 34.2 Å². The van der Waals surface area contributed by atoms with Crippen molar-refractivity contribution in [1.29, 1.82) is 0 Å². The standard InChI is InChI=1S/C14H14ClIN2O/c1-2-6-18-7-5-17-14(18)9-13(19)11-8-10(15)3-4-12(11)16/h3-5,7-8H,2,6,9H2,1H3. The number of hydrogen-bond acceptors (Lipinski definition) is 2. The molecule has 1 aromatic heterocycles. The van der Waals surface area contributed by atoms with E-state index < -0.39 is 0 Å². The highest BCUT2D eigenvalue weighted by atomic mass is 127. The number of imidazole rings is 1. The molecule has 0 amide bonds. The molecule has 0 N–H and O–H groups in total. The Kier molecular flexibility index (Phi) is 4.99. The number of aromatic nitrogens is 2. The number of nitrogens with zero attached hydrogens (tertiary/aromatic N) is 2. The van der Waals surface area contributed by atoms with Crippen LogP contribution in [0.15, 0.2) is 30.6 Å². The molecule has 3 nitrogen and oxygen atoms in total. The van der Waals surface area contributed by atoms with Crippen molar-refractivity contribution in [3.05, 3.63) is 50.6 Å². The minimum absolute atomic E-state index is 0.0513. The molecule has 0 unspecified atom stereocenters. The summed E-state index contributed by atoms with van der Waals surface area (Å²) in [5.41, 5.74) is 0.666. The molecule has 0 aliphatic carbocycles. The Bertz CT molecular complexity index is 595. The van der Waals surface area contributed by atoms with E-state index in [0.29, 0.717) is 17.0 Å². The topological polar surface area (TPSA) is 34.9 Å². The molecule has 0 aliphatic heterocycles. The molecule has 0 saturated carbocycles. The zero-order chi connectivity index (χ0) is 13.8.